The largest absolute Gasteiger partial charge is 0.497 e. The fourth-order valence-corrected chi connectivity index (χ4v) is 3.56. The Morgan fingerprint density at radius 3 is 2.42 bits per heavy atom. The molecule has 0 fully saturated rings. The second kappa shape index (κ2) is 9.56. The van der Waals surface area contributed by atoms with E-state index in [0.717, 1.165) is 22.4 Å². The second-order valence-corrected chi connectivity index (χ2v) is 8.10. The molecule has 0 saturated heterocycles. The molecular formula is C26H26N4O3. The molecule has 7 heteroatoms. The van der Waals surface area contributed by atoms with Crippen molar-refractivity contribution in [3.63, 3.8) is 0 Å². The number of carbonyl (C=O) groups excluding carboxylic acids is 2. The number of amides is 2. The van der Waals surface area contributed by atoms with E-state index in [2.05, 4.69) is 20.6 Å². The van der Waals surface area contributed by atoms with Gasteiger partial charge in [-0.25, -0.2) is 4.98 Å². The number of para-hydroxylation sites is 2. The van der Waals surface area contributed by atoms with Crippen LogP contribution in [0.1, 0.15) is 24.2 Å². The van der Waals surface area contributed by atoms with Gasteiger partial charge in [-0.05, 0) is 54.4 Å². The summed E-state index contributed by atoms with van der Waals surface area (Å²) in [5.41, 5.74) is 3.77. The van der Waals surface area contributed by atoms with Gasteiger partial charge in [0.05, 0.1) is 18.1 Å². The molecule has 4 aromatic rings. The Morgan fingerprint density at radius 1 is 0.970 bits per heavy atom. The highest BCUT2D eigenvalue weighted by Crippen LogP contribution is 2.23. The van der Waals surface area contributed by atoms with Crippen LogP contribution < -0.4 is 15.4 Å². The predicted octanol–water partition coefficient (Wildman–Crippen LogP) is 4.63. The number of hydrogen-bond acceptors (Lipinski definition) is 4. The minimum Gasteiger partial charge on any atom is -0.497 e. The predicted molar refractivity (Wildman–Crippen MR) is 129 cm³/mol. The number of rotatable bonds is 7. The van der Waals surface area contributed by atoms with Crippen LogP contribution in [-0.4, -0.2) is 34.9 Å². The lowest BCUT2D eigenvalue weighted by molar-refractivity contribution is -0.118. The highest BCUT2D eigenvalue weighted by molar-refractivity contribution is 6.01. The number of aromatic amines is 1. The number of carbonyl (C=O) groups is 2. The van der Waals surface area contributed by atoms with Crippen molar-refractivity contribution in [3.8, 4) is 17.1 Å². The molecule has 2 amide bonds. The summed E-state index contributed by atoms with van der Waals surface area (Å²) < 4.78 is 5.13. The van der Waals surface area contributed by atoms with E-state index in [-0.39, 0.29) is 17.7 Å². The molecule has 0 saturated carbocycles. The van der Waals surface area contributed by atoms with E-state index in [1.807, 2.05) is 62.4 Å². The zero-order valence-corrected chi connectivity index (χ0v) is 18.8. The Kier molecular flexibility index (Phi) is 6.40. The molecule has 1 unspecified atom stereocenters. The van der Waals surface area contributed by atoms with E-state index in [0.29, 0.717) is 17.0 Å². The monoisotopic (exact) mass is 442 g/mol. The normalized spacial score (nSPS) is 11.9. The summed E-state index contributed by atoms with van der Waals surface area (Å²) in [6.45, 7) is 3.78. The topological polar surface area (TPSA) is 96.1 Å². The van der Waals surface area contributed by atoms with Gasteiger partial charge in [-0.1, -0.05) is 38.1 Å². The number of nitrogens with zero attached hydrogens (tertiary/aromatic N) is 1. The van der Waals surface area contributed by atoms with Gasteiger partial charge in [-0.2, -0.15) is 0 Å². The van der Waals surface area contributed by atoms with Gasteiger partial charge in [0.15, 0.2) is 0 Å². The maximum atomic E-state index is 13.0. The van der Waals surface area contributed by atoms with E-state index < -0.39 is 6.04 Å². The van der Waals surface area contributed by atoms with Crippen LogP contribution >= 0.6 is 0 Å². The van der Waals surface area contributed by atoms with Gasteiger partial charge in [-0.15, -0.1) is 0 Å². The third kappa shape index (κ3) is 5.03. The van der Waals surface area contributed by atoms with E-state index >= 15 is 0 Å². The van der Waals surface area contributed by atoms with Crippen LogP contribution in [0.15, 0.2) is 72.8 Å². The first-order chi connectivity index (χ1) is 15.9. The van der Waals surface area contributed by atoms with Crippen molar-refractivity contribution in [1.29, 1.82) is 0 Å². The van der Waals surface area contributed by atoms with Crippen molar-refractivity contribution in [1.82, 2.24) is 15.3 Å². The third-order valence-corrected chi connectivity index (χ3v) is 5.38. The lowest BCUT2D eigenvalue weighted by atomic mass is 10.0. The SMILES string of the molecule is COc1ccc(C(=O)NC(C(=O)Nc2cccc(-c3nc4ccccc4[nH]3)c2)C(C)C)cc1. The first kappa shape index (κ1) is 22.1. The number of nitrogens with one attached hydrogen (secondary N) is 3. The smallest absolute Gasteiger partial charge is 0.251 e. The van der Waals surface area contributed by atoms with Gasteiger partial charge in [-0.3, -0.25) is 9.59 Å². The van der Waals surface area contributed by atoms with Crippen LogP contribution in [0.3, 0.4) is 0 Å². The van der Waals surface area contributed by atoms with Crippen LogP contribution in [0.4, 0.5) is 5.69 Å². The van der Waals surface area contributed by atoms with Gasteiger partial charge < -0.3 is 20.4 Å². The van der Waals surface area contributed by atoms with Crippen molar-refractivity contribution in [3.05, 3.63) is 78.4 Å². The summed E-state index contributed by atoms with van der Waals surface area (Å²) in [5, 5.41) is 5.77. The number of methoxy groups -OCH3 is 1. The summed E-state index contributed by atoms with van der Waals surface area (Å²) in [7, 11) is 1.57. The number of imidazole rings is 1. The lowest BCUT2D eigenvalue weighted by Gasteiger charge is -2.22. The molecular weight excluding hydrogens is 416 g/mol. The van der Waals surface area contributed by atoms with Crippen LogP contribution in [-0.2, 0) is 4.79 Å². The molecule has 0 aliphatic rings. The summed E-state index contributed by atoms with van der Waals surface area (Å²) in [5.74, 6) is 0.677. The fraction of sp³-hybridized carbons (Fsp3) is 0.192. The fourth-order valence-electron chi connectivity index (χ4n) is 3.56. The van der Waals surface area contributed by atoms with Crippen LogP contribution in [0, 0.1) is 5.92 Å². The van der Waals surface area contributed by atoms with Gasteiger partial charge in [0.2, 0.25) is 5.91 Å². The number of fused-ring (bicyclic) bond motifs is 1. The molecule has 0 aliphatic carbocycles. The minimum atomic E-state index is -0.700. The Balaban J connectivity index is 1.49. The molecule has 33 heavy (non-hydrogen) atoms. The molecule has 168 valence electrons. The van der Waals surface area contributed by atoms with Gasteiger partial charge in [0, 0.05) is 16.8 Å². The third-order valence-electron chi connectivity index (χ3n) is 5.38. The standard InChI is InChI=1S/C26H26N4O3/c1-16(2)23(30-25(31)17-11-13-20(33-3)14-12-17)26(32)27-19-8-6-7-18(15-19)24-28-21-9-4-5-10-22(21)29-24/h4-16,23H,1-3H3,(H,27,32)(H,28,29)(H,30,31). The first-order valence-electron chi connectivity index (χ1n) is 10.8. The van der Waals surface area contributed by atoms with E-state index in [1.165, 1.54) is 0 Å². The Morgan fingerprint density at radius 2 is 1.73 bits per heavy atom. The number of hydrogen-bond donors (Lipinski definition) is 3. The molecule has 3 aromatic carbocycles. The van der Waals surface area contributed by atoms with Crippen LogP contribution in [0.25, 0.3) is 22.4 Å². The highest BCUT2D eigenvalue weighted by atomic mass is 16.5. The number of anilines is 1. The Labute approximate surface area is 192 Å². The maximum absolute atomic E-state index is 13.0. The van der Waals surface area contributed by atoms with E-state index in [4.69, 9.17) is 4.74 Å². The molecule has 0 bridgehead atoms. The average Bonchev–Trinajstić information content (AvgIpc) is 3.27. The molecule has 1 aromatic heterocycles. The van der Waals surface area contributed by atoms with Crippen molar-refractivity contribution in [2.45, 2.75) is 19.9 Å². The van der Waals surface area contributed by atoms with Crippen LogP contribution in [0.2, 0.25) is 0 Å². The van der Waals surface area contributed by atoms with Crippen molar-refractivity contribution in [2.24, 2.45) is 5.92 Å². The summed E-state index contributed by atoms with van der Waals surface area (Å²) >= 11 is 0. The quantitative estimate of drug-likeness (QED) is 0.389. The van der Waals surface area contributed by atoms with Crippen LogP contribution in [0.5, 0.6) is 5.75 Å². The molecule has 1 heterocycles. The summed E-state index contributed by atoms with van der Waals surface area (Å²) in [6, 6.07) is 21.3. The Bertz CT molecular complexity index is 1250. The van der Waals surface area contributed by atoms with Crippen molar-refractivity contribution < 1.29 is 14.3 Å². The van der Waals surface area contributed by atoms with E-state index in [1.54, 1.807) is 31.4 Å². The Hall–Kier alpha value is -4.13. The molecule has 3 N–H and O–H groups in total. The zero-order chi connectivity index (χ0) is 23.4. The molecule has 0 aliphatic heterocycles. The molecule has 1 atom stereocenters. The number of H-pyrrole nitrogens is 1. The molecule has 7 nitrogen and oxygen atoms in total. The molecule has 4 rings (SSSR count). The zero-order valence-electron chi connectivity index (χ0n) is 18.8. The second-order valence-electron chi connectivity index (χ2n) is 8.10. The molecule has 0 spiro atoms. The average molecular weight is 443 g/mol. The highest BCUT2D eigenvalue weighted by Gasteiger charge is 2.25. The van der Waals surface area contributed by atoms with Gasteiger partial charge in [0.25, 0.3) is 5.91 Å². The number of aromatic nitrogens is 2. The van der Waals surface area contributed by atoms with Crippen molar-refractivity contribution >= 4 is 28.5 Å². The molecule has 0 radical (unpaired) electrons. The maximum Gasteiger partial charge on any atom is 0.251 e. The van der Waals surface area contributed by atoms with Gasteiger partial charge in [0.1, 0.15) is 17.6 Å². The summed E-state index contributed by atoms with van der Waals surface area (Å²) in [6.07, 6.45) is 0. The summed E-state index contributed by atoms with van der Waals surface area (Å²) in [4.78, 5) is 33.7. The lowest BCUT2D eigenvalue weighted by Crippen LogP contribution is -2.47. The number of benzene rings is 3. The van der Waals surface area contributed by atoms with Gasteiger partial charge >= 0.3 is 0 Å². The first-order valence-corrected chi connectivity index (χ1v) is 10.8. The van der Waals surface area contributed by atoms with E-state index in [9.17, 15) is 9.59 Å². The minimum absolute atomic E-state index is 0.106. The van der Waals surface area contributed by atoms with Crippen molar-refractivity contribution in [2.75, 3.05) is 12.4 Å². The number of ether oxygens (including phenoxy) is 1.